The number of aliphatic hydroxyl groups is 1. The van der Waals surface area contributed by atoms with Crippen LogP contribution in [0.3, 0.4) is 0 Å². The highest BCUT2D eigenvalue weighted by molar-refractivity contribution is 4.92. The first kappa shape index (κ1) is 10.7. The van der Waals surface area contributed by atoms with Crippen LogP contribution >= 0.6 is 0 Å². The van der Waals surface area contributed by atoms with Gasteiger partial charge in [-0.25, -0.2) is 0 Å². The topological polar surface area (TPSA) is 26.7 Å². The Morgan fingerprint density at radius 3 is 2.23 bits per heavy atom. The van der Waals surface area contributed by atoms with Crippen molar-refractivity contribution in [3.05, 3.63) is 12.2 Å². The van der Waals surface area contributed by atoms with E-state index in [9.17, 15) is 0 Å². The minimum Gasteiger partial charge on any atom is -0.395 e. The van der Waals surface area contributed by atoms with Gasteiger partial charge >= 0.3 is 0 Å². The highest BCUT2D eigenvalue weighted by Gasteiger charge is 2.15. The van der Waals surface area contributed by atoms with Gasteiger partial charge in [-0.15, -0.1) is 0 Å². The number of aliphatic hydroxyl groups excluding tert-OH is 1. The van der Waals surface area contributed by atoms with Crippen molar-refractivity contribution in [3.63, 3.8) is 0 Å². The molecule has 1 rings (SSSR count). The van der Waals surface area contributed by atoms with E-state index in [1.54, 1.807) is 0 Å². The molecule has 1 N–H and O–H groups in total. The molecule has 0 aromatic carbocycles. The predicted molar refractivity (Wildman–Crippen MR) is 54.8 cm³/mol. The van der Waals surface area contributed by atoms with Crippen LogP contribution in [-0.2, 0) is 0 Å². The zero-order chi connectivity index (χ0) is 9.68. The normalized spacial score (nSPS) is 20.5. The van der Waals surface area contributed by atoms with Crippen LogP contribution in [0.2, 0.25) is 0 Å². The highest BCUT2D eigenvalue weighted by Crippen LogP contribution is 2.03. The first-order valence-corrected chi connectivity index (χ1v) is 4.92. The van der Waals surface area contributed by atoms with Crippen molar-refractivity contribution in [2.45, 2.75) is 6.92 Å². The lowest BCUT2D eigenvalue weighted by Gasteiger charge is -2.34. The smallest absolute Gasteiger partial charge is 0.0558 e. The van der Waals surface area contributed by atoms with Gasteiger partial charge in [0.05, 0.1) is 6.61 Å². The van der Waals surface area contributed by atoms with Gasteiger partial charge in [0.2, 0.25) is 0 Å². The van der Waals surface area contributed by atoms with Gasteiger partial charge in [0.25, 0.3) is 0 Å². The predicted octanol–water partition coefficient (Wildman–Crippen LogP) is 0.172. The van der Waals surface area contributed by atoms with E-state index in [0.29, 0.717) is 0 Å². The van der Waals surface area contributed by atoms with Crippen LogP contribution in [0.4, 0.5) is 0 Å². The number of rotatable bonds is 4. The Bertz CT molecular complexity index is 162. The molecule has 0 aromatic heterocycles. The maximum atomic E-state index is 8.76. The molecule has 0 radical (unpaired) electrons. The molecule has 1 heterocycles. The first-order valence-electron chi connectivity index (χ1n) is 4.92. The molecule has 0 atom stereocenters. The van der Waals surface area contributed by atoms with Crippen LogP contribution in [0, 0.1) is 0 Å². The second kappa shape index (κ2) is 5.37. The lowest BCUT2D eigenvalue weighted by Crippen LogP contribution is -2.47. The van der Waals surface area contributed by atoms with E-state index in [-0.39, 0.29) is 6.61 Å². The van der Waals surface area contributed by atoms with Crippen LogP contribution in [0.25, 0.3) is 0 Å². The fraction of sp³-hybridized carbons (Fsp3) is 0.800. The summed E-state index contributed by atoms with van der Waals surface area (Å²) in [6.07, 6.45) is 0. The van der Waals surface area contributed by atoms with Gasteiger partial charge in [-0.1, -0.05) is 12.2 Å². The van der Waals surface area contributed by atoms with Crippen LogP contribution < -0.4 is 0 Å². The van der Waals surface area contributed by atoms with Crippen molar-refractivity contribution in [1.29, 1.82) is 0 Å². The summed E-state index contributed by atoms with van der Waals surface area (Å²) in [5, 5.41) is 8.76. The molecular weight excluding hydrogens is 164 g/mol. The fourth-order valence-electron chi connectivity index (χ4n) is 1.69. The third kappa shape index (κ3) is 3.89. The van der Waals surface area contributed by atoms with Gasteiger partial charge in [0.15, 0.2) is 0 Å². The largest absolute Gasteiger partial charge is 0.395 e. The number of β-amino-alcohol motifs (C(OH)–C–C–N with tert-alkyl or cyclic N) is 1. The summed E-state index contributed by atoms with van der Waals surface area (Å²) in [6.45, 7) is 12.5. The third-order valence-electron chi connectivity index (χ3n) is 2.37. The summed E-state index contributed by atoms with van der Waals surface area (Å²) in [5.74, 6) is 0. The Balaban J connectivity index is 2.18. The molecule has 0 aliphatic carbocycles. The first-order chi connectivity index (χ1) is 6.22. The number of hydrogen-bond acceptors (Lipinski definition) is 3. The Hall–Kier alpha value is -0.380. The lowest BCUT2D eigenvalue weighted by atomic mass is 10.2. The molecular formula is C10H20N2O. The van der Waals surface area contributed by atoms with E-state index in [2.05, 4.69) is 23.3 Å². The van der Waals surface area contributed by atoms with E-state index in [0.717, 1.165) is 39.3 Å². The van der Waals surface area contributed by atoms with Crippen LogP contribution in [-0.4, -0.2) is 60.8 Å². The van der Waals surface area contributed by atoms with E-state index < -0.39 is 0 Å². The molecule has 0 spiro atoms. The molecule has 3 nitrogen and oxygen atoms in total. The molecule has 13 heavy (non-hydrogen) atoms. The molecule has 1 fully saturated rings. The molecule has 1 aliphatic heterocycles. The molecule has 1 saturated heterocycles. The number of hydrogen-bond donors (Lipinski definition) is 1. The average molecular weight is 184 g/mol. The lowest BCUT2D eigenvalue weighted by molar-refractivity contribution is 0.118. The summed E-state index contributed by atoms with van der Waals surface area (Å²) >= 11 is 0. The van der Waals surface area contributed by atoms with Crippen LogP contribution in [0.5, 0.6) is 0 Å². The fourth-order valence-corrected chi connectivity index (χ4v) is 1.69. The number of nitrogens with zero attached hydrogens (tertiary/aromatic N) is 2. The Labute approximate surface area is 80.6 Å². The van der Waals surface area contributed by atoms with Gasteiger partial charge in [-0.05, 0) is 6.92 Å². The van der Waals surface area contributed by atoms with Crippen molar-refractivity contribution in [3.8, 4) is 0 Å². The maximum Gasteiger partial charge on any atom is 0.0558 e. The van der Waals surface area contributed by atoms with Crippen molar-refractivity contribution >= 4 is 0 Å². The van der Waals surface area contributed by atoms with Crippen LogP contribution in [0.15, 0.2) is 12.2 Å². The molecule has 76 valence electrons. The second-order valence-electron chi connectivity index (χ2n) is 3.80. The van der Waals surface area contributed by atoms with Gasteiger partial charge in [-0.3, -0.25) is 9.80 Å². The van der Waals surface area contributed by atoms with Gasteiger partial charge in [0, 0.05) is 39.3 Å². The third-order valence-corrected chi connectivity index (χ3v) is 2.37. The molecule has 0 unspecified atom stereocenters. The summed E-state index contributed by atoms with van der Waals surface area (Å²) in [7, 11) is 0. The summed E-state index contributed by atoms with van der Waals surface area (Å²) < 4.78 is 0. The minimum absolute atomic E-state index is 0.278. The van der Waals surface area contributed by atoms with E-state index in [1.165, 1.54) is 5.57 Å². The maximum absolute atomic E-state index is 8.76. The Morgan fingerprint density at radius 1 is 1.23 bits per heavy atom. The molecule has 3 heteroatoms. The standard InChI is InChI=1S/C10H20N2O/c1-10(2)9-12-5-3-11(4-6-12)7-8-13/h13H,1,3-9H2,2H3. The Kier molecular flexibility index (Phi) is 4.42. The van der Waals surface area contributed by atoms with Crippen LogP contribution in [0.1, 0.15) is 6.92 Å². The summed E-state index contributed by atoms with van der Waals surface area (Å²) in [4.78, 5) is 4.71. The van der Waals surface area contributed by atoms with E-state index in [4.69, 9.17) is 5.11 Å². The zero-order valence-electron chi connectivity index (χ0n) is 8.50. The van der Waals surface area contributed by atoms with Crippen molar-refractivity contribution in [2.24, 2.45) is 0 Å². The quantitative estimate of drug-likeness (QED) is 0.631. The monoisotopic (exact) mass is 184 g/mol. The van der Waals surface area contributed by atoms with Gasteiger partial charge in [-0.2, -0.15) is 0 Å². The SMILES string of the molecule is C=C(C)CN1CCN(CCO)CC1. The van der Waals surface area contributed by atoms with Crippen molar-refractivity contribution < 1.29 is 5.11 Å². The zero-order valence-corrected chi connectivity index (χ0v) is 8.50. The van der Waals surface area contributed by atoms with Crippen molar-refractivity contribution in [1.82, 2.24) is 9.80 Å². The molecule has 0 bridgehead atoms. The summed E-state index contributed by atoms with van der Waals surface area (Å²) in [5.41, 5.74) is 1.23. The second-order valence-corrected chi connectivity index (χ2v) is 3.80. The summed E-state index contributed by atoms with van der Waals surface area (Å²) in [6, 6.07) is 0. The van der Waals surface area contributed by atoms with Gasteiger partial charge < -0.3 is 5.11 Å². The number of piperazine rings is 1. The van der Waals surface area contributed by atoms with E-state index >= 15 is 0 Å². The molecule has 0 aromatic rings. The molecule has 0 amide bonds. The van der Waals surface area contributed by atoms with Crippen molar-refractivity contribution in [2.75, 3.05) is 45.9 Å². The highest BCUT2D eigenvalue weighted by atomic mass is 16.3. The molecule has 0 saturated carbocycles. The molecule has 1 aliphatic rings. The Morgan fingerprint density at radius 2 is 1.77 bits per heavy atom. The van der Waals surface area contributed by atoms with Gasteiger partial charge in [0.1, 0.15) is 0 Å². The van der Waals surface area contributed by atoms with E-state index in [1.807, 2.05) is 0 Å². The minimum atomic E-state index is 0.278. The average Bonchev–Trinajstić information content (AvgIpc) is 2.08.